The van der Waals surface area contributed by atoms with E-state index < -0.39 is 0 Å². The maximum atomic E-state index is 12.1. The number of nitrogens with one attached hydrogen (secondary N) is 1. The molecule has 0 aromatic carbocycles. The van der Waals surface area contributed by atoms with Crippen LogP contribution < -0.4 is 11.1 Å². The van der Waals surface area contributed by atoms with Crippen LogP contribution in [0.4, 0.5) is 5.13 Å². The van der Waals surface area contributed by atoms with E-state index in [9.17, 15) is 4.79 Å². The van der Waals surface area contributed by atoms with Gasteiger partial charge in [0.2, 0.25) is 11.0 Å². The van der Waals surface area contributed by atoms with Gasteiger partial charge in [0.1, 0.15) is 5.01 Å². The Labute approximate surface area is 123 Å². The molecule has 1 aromatic rings. The lowest BCUT2D eigenvalue weighted by Crippen LogP contribution is -2.34. The first kappa shape index (κ1) is 16.3. The molecule has 108 valence electrons. The Morgan fingerprint density at radius 3 is 2.74 bits per heavy atom. The number of anilines is 1. The summed E-state index contributed by atoms with van der Waals surface area (Å²) in [7, 11) is 0. The number of rotatable bonds is 3. The number of carbonyl (C=O) groups excluding carboxylic acids is 1. The second-order valence-corrected chi connectivity index (χ2v) is 6.22. The van der Waals surface area contributed by atoms with Gasteiger partial charge in [-0.25, -0.2) is 0 Å². The number of carbonyl (C=O) groups is 1. The van der Waals surface area contributed by atoms with E-state index in [4.69, 9.17) is 5.73 Å². The van der Waals surface area contributed by atoms with Crippen LogP contribution in [-0.4, -0.2) is 22.1 Å². The van der Waals surface area contributed by atoms with Crippen LogP contribution in [0.5, 0.6) is 0 Å². The molecule has 19 heavy (non-hydrogen) atoms. The molecule has 1 saturated carbocycles. The van der Waals surface area contributed by atoms with Crippen molar-refractivity contribution in [2.45, 2.75) is 51.5 Å². The van der Waals surface area contributed by atoms with Crippen molar-refractivity contribution in [3.05, 3.63) is 5.01 Å². The molecule has 7 heteroatoms. The highest BCUT2D eigenvalue weighted by Crippen LogP contribution is 2.26. The zero-order valence-electron chi connectivity index (χ0n) is 11.3. The van der Waals surface area contributed by atoms with Gasteiger partial charge in [0.25, 0.3) is 0 Å². The minimum atomic E-state index is 0. The quantitative estimate of drug-likeness (QED) is 0.899. The smallest absolute Gasteiger partial charge is 0.229 e. The van der Waals surface area contributed by atoms with Gasteiger partial charge in [-0.3, -0.25) is 4.79 Å². The number of halogens is 1. The Bertz CT molecular complexity index is 424. The van der Waals surface area contributed by atoms with Crippen molar-refractivity contribution in [1.82, 2.24) is 10.2 Å². The molecule has 1 aliphatic carbocycles. The highest BCUT2D eigenvalue weighted by atomic mass is 35.5. The van der Waals surface area contributed by atoms with Crippen molar-refractivity contribution >= 4 is 34.8 Å². The molecule has 0 radical (unpaired) electrons. The van der Waals surface area contributed by atoms with E-state index in [-0.39, 0.29) is 30.3 Å². The summed E-state index contributed by atoms with van der Waals surface area (Å²) in [4.78, 5) is 12.1. The number of aromatic nitrogens is 2. The Morgan fingerprint density at radius 2 is 2.16 bits per heavy atom. The number of nitrogens with zero attached hydrogens (tertiary/aromatic N) is 2. The van der Waals surface area contributed by atoms with E-state index in [1.165, 1.54) is 11.3 Å². The first-order valence-electron chi connectivity index (χ1n) is 6.46. The molecule has 1 aliphatic rings. The van der Waals surface area contributed by atoms with Gasteiger partial charge < -0.3 is 11.1 Å². The molecule has 0 aliphatic heterocycles. The van der Waals surface area contributed by atoms with Crippen molar-refractivity contribution in [3.8, 4) is 0 Å². The maximum absolute atomic E-state index is 12.1. The zero-order valence-corrected chi connectivity index (χ0v) is 12.9. The van der Waals surface area contributed by atoms with Crippen LogP contribution in [0, 0.1) is 5.92 Å². The van der Waals surface area contributed by atoms with E-state index in [0.717, 1.165) is 30.7 Å². The van der Waals surface area contributed by atoms with Crippen molar-refractivity contribution in [1.29, 1.82) is 0 Å². The van der Waals surface area contributed by atoms with Crippen molar-refractivity contribution in [3.63, 3.8) is 0 Å². The molecule has 2 atom stereocenters. The van der Waals surface area contributed by atoms with E-state index in [0.29, 0.717) is 11.0 Å². The molecule has 1 aromatic heterocycles. The molecule has 3 N–H and O–H groups in total. The van der Waals surface area contributed by atoms with Crippen LogP contribution in [-0.2, 0) is 4.79 Å². The zero-order chi connectivity index (χ0) is 13.1. The largest absolute Gasteiger partial charge is 0.328 e. The molecule has 0 bridgehead atoms. The minimum Gasteiger partial charge on any atom is -0.328 e. The number of hydrogen-bond acceptors (Lipinski definition) is 5. The Balaban J connectivity index is 0.00000180. The Hall–Kier alpha value is -0.720. The second-order valence-electron chi connectivity index (χ2n) is 5.21. The fraction of sp³-hybridized carbons (Fsp3) is 0.750. The highest BCUT2D eigenvalue weighted by Gasteiger charge is 2.26. The summed E-state index contributed by atoms with van der Waals surface area (Å²) in [6, 6.07) is 0.162. The van der Waals surface area contributed by atoms with Gasteiger partial charge in [-0.15, -0.1) is 22.6 Å². The SMILES string of the molecule is CC(C)c1nnc(NC(=O)C2CCCC(N)C2)s1.Cl. The molecule has 2 rings (SSSR count). The molecular formula is C12H21ClN4OS. The Morgan fingerprint density at radius 1 is 1.42 bits per heavy atom. The fourth-order valence-electron chi connectivity index (χ4n) is 2.19. The molecule has 1 amide bonds. The lowest BCUT2D eigenvalue weighted by Gasteiger charge is -2.25. The van der Waals surface area contributed by atoms with Gasteiger partial charge in [-0.1, -0.05) is 31.6 Å². The lowest BCUT2D eigenvalue weighted by atomic mass is 9.86. The van der Waals surface area contributed by atoms with Gasteiger partial charge in [-0.2, -0.15) is 0 Å². The summed E-state index contributed by atoms with van der Waals surface area (Å²) in [6.45, 7) is 4.12. The van der Waals surface area contributed by atoms with Gasteiger partial charge in [0.15, 0.2) is 0 Å². The van der Waals surface area contributed by atoms with Gasteiger partial charge in [-0.05, 0) is 19.3 Å². The third-order valence-electron chi connectivity index (χ3n) is 3.25. The average Bonchev–Trinajstić information content (AvgIpc) is 2.77. The highest BCUT2D eigenvalue weighted by molar-refractivity contribution is 7.15. The minimum absolute atomic E-state index is 0. The predicted molar refractivity (Wildman–Crippen MR) is 79.8 cm³/mol. The van der Waals surface area contributed by atoms with Crippen LogP contribution in [0.1, 0.15) is 50.5 Å². The van der Waals surface area contributed by atoms with E-state index >= 15 is 0 Å². The summed E-state index contributed by atoms with van der Waals surface area (Å²) in [5, 5.41) is 12.5. The van der Waals surface area contributed by atoms with Gasteiger partial charge >= 0.3 is 0 Å². The van der Waals surface area contributed by atoms with Crippen molar-refractivity contribution < 1.29 is 4.79 Å². The number of amides is 1. The normalized spacial score (nSPS) is 22.9. The summed E-state index contributed by atoms with van der Waals surface area (Å²) in [5.41, 5.74) is 5.89. The number of hydrogen-bond donors (Lipinski definition) is 2. The Kier molecular flexibility index (Phi) is 6.16. The third-order valence-corrected chi connectivity index (χ3v) is 4.39. The third kappa shape index (κ3) is 4.40. The molecule has 2 unspecified atom stereocenters. The first-order valence-corrected chi connectivity index (χ1v) is 7.27. The molecule has 1 heterocycles. The molecular weight excluding hydrogens is 284 g/mol. The fourth-order valence-corrected chi connectivity index (χ4v) is 2.94. The topological polar surface area (TPSA) is 80.9 Å². The van der Waals surface area contributed by atoms with Crippen molar-refractivity contribution in [2.75, 3.05) is 5.32 Å². The second kappa shape index (κ2) is 7.17. The van der Waals surface area contributed by atoms with E-state index in [1.54, 1.807) is 0 Å². The molecule has 1 fully saturated rings. The van der Waals surface area contributed by atoms with Crippen LogP contribution in [0.15, 0.2) is 0 Å². The monoisotopic (exact) mass is 304 g/mol. The van der Waals surface area contributed by atoms with Crippen LogP contribution in [0.25, 0.3) is 0 Å². The van der Waals surface area contributed by atoms with Gasteiger partial charge in [0, 0.05) is 17.9 Å². The molecule has 0 saturated heterocycles. The van der Waals surface area contributed by atoms with Crippen LogP contribution in [0.3, 0.4) is 0 Å². The van der Waals surface area contributed by atoms with E-state index in [2.05, 4.69) is 29.4 Å². The first-order chi connectivity index (χ1) is 8.56. The average molecular weight is 305 g/mol. The summed E-state index contributed by atoms with van der Waals surface area (Å²) in [6.07, 6.45) is 3.77. The summed E-state index contributed by atoms with van der Waals surface area (Å²) in [5.74, 6) is 0.410. The molecule has 0 spiro atoms. The lowest BCUT2D eigenvalue weighted by molar-refractivity contribution is -0.120. The summed E-state index contributed by atoms with van der Waals surface area (Å²) < 4.78 is 0. The number of nitrogens with two attached hydrogens (primary N) is 1. The van der Waals surface area contributed by atoms with E-state index in [1.807, 2.05) is 0 Å². The van der Waals surface area contributed by atoms with Crippen LogP contribution >= 0.6 is 23.7 Å². The predicted octanol–water partition coefficient (Wildman–Crippen LogP) is 2.54. The standard InChI is InChI=1S/C12H20N4OS.ClH/c1-7(2)11-15-16-12(18-11)14-10(17)8-4-3-5-9(13)6-8;/h7-9H,3-6,13H2,1-2H3,(H,14,16,17);1H. The van der Waals surface area contributed by atoms with Crippen LogP contribution in [0.2, 0.25) is 0 Å². The summed E-state index contributed by atoms with van der Waals surface area (Å²) >= 11 is 1.45. The van der Waals surface area contributed by atoms with Crippen molar-refractivity contribution in [2.24, 2.45) is 11.7 Å². The maximum Gasteiger partial charge on any atom is 0.229 e. The van der Waals surface area contributed by atoms with Gasteiger partial charge in [0.05, 0.1) is 0 Å². The molecule has 5 nitrogen and oxygen atoms in total.